The van der Waals surface area contributed by atoms with E-state index in [9.17, 15) is 14.7 Å². The highest BCUT2D eigenvalue weighted by Crippen LogP contribution is 2.65. The van der Waals surface area contributed by atoms with Crippen LogP contribution in [-0.4, -0.2) is 28.1 Å². The van der Waals surface area contributed by atoms with Crippen LogP contribution in [0.25, 0.3) is 0 Å². The summed E-state index contributed by atoms with van der Waals surface area (Å²) in [4.78, 5) is 23.3. The lowest BCUT2D eigenvalue weighted by molar-refractivity contribution is -0.155. The van der Waals surface area contributed by atoms with E-state index in [0.717, 1.165) is 51.4 Å². The molecular formula is C23H34O4. The highest BCUT2D eigenvalue weighted by Gasteiger charge is 2.61. The number of carbonyl (C=O) groups excluding carboxylic acids is 1. The number of aliphatic carboxylic acids is 1. The fraction of sp³-hybridized carbons (Fsp3) is 0.826. The van der Waals surface area contributed by atoms with E-state index < -0.39 is 5.97 Å². The summed E-state index contributed by atoms with van der Waals surface area (Å²) in [6.45, 7) is 4.58. The first-order chi connectivity index (χ1) is 12.8. The molecule has 0 saturated heterocycles. The number of allylic oxidation sites excluding steroid dienone is 2. The van der Waals surface area contributed by atoms with Gasteiger partial charge in [-0.25, -0.2) is 0 Å². The quantitative estimate of drug-likeness (QED) is 0.720. The van der Waals surface area contributed by atoms with Gasteiger partial charge in [0.25, 0.3) is 0 Å². The van der Waals surface area contributed by atoms with Gasteiger partial charge >= 0.3 is 5.97 Å². The number of fused-ring (bicyclic) bond motifs is 5. The summed E-state index contributed by atoms with van der Waals surface area (Å²) in [6, 6.07) is 0. The van der Waals surface area contributed by atoms with E-state index in [1.807, 2.05) is 0 Å². The number of carbonyl (C=O) groups is 2. The Morgan fingerprint density at radius 3 is 2.67 bits per heavy atom. The molecule has 4 rings (SSSR count). The summed E-state index contributed by atoms with van der Waals surface area (Å²) < 4.78 is 0. The SMILES string of the molecule is C[C@]12CC/C(=C/CCC(=O)O)C[C@@H]1[C@@H](O)C[C@@H]1[C@@H]2CC[C@]2(C)C(=O)CC[C@@H]12. The molecule has 0 unspecified atom stereocenters. The number of carboxylic acids is 1. The molecule has 4 fully saturated rings. The summed E-state index contributed by atoms with van der Waals surface area (Å²) in [5.41, 5.74) is 1.35. The molecule has 0 spiro atoms. The highest BCUT2D eigenvalue weighted by molar-refractivity contribution is 5.87. The van der Waals surface area contributed by atoms with Crippen molar-refractivity contribution in [1.82, 2.24) is 0 Å². The molecular weight excluding hydrogens is 340 g/mol. The van der Waals surface area contributed by atoms with E-state index in [1.54, 1.807) is 0 Å². The van der Waals surface area contributed by atoms with Crippen LogP contribution in [0.15, 0.2) is 11.6 Å². The van der Waals surface area contributed by atoms with Crippen LogP contribution in [0.3, 0.4) is 0 Å². The number of aliphatic hydroxyl groups is 1. The molecule has 27 heavy (non-hydrogen) atoms. The minimum atomic E-state index is -0.746. The molecule has 0 radical (unpaired) electrons. The molecule has 0 amide bonds. The van der Waals surface area contributed by atoms with E-state index in [4.69, 9.17) is 5.11 Å². The predicted octanol–water partition coefficient (Wildman–Crippen LogP) is 4.36. The number of rotatable bonds is 3. The van der Waals surface area contributed by atoms with Crippen LogP contribution in [0.5, 0.6) is 0 Å². The smallest absolute Gasteiger partial charge is 0.303 e. The van der Waals surface area contributed by atoms with E-state index >= 15 is 0 Å². The Hall–Kier alpha value is -1.16. The van der Waals surface area contributed by atoms with Gasteiger partial charge in [0.05, 0.1) is 6.10 Å². The molecule has 2 N–H and O–H groups in total. The maximum atomic E-state index is 12.5. The number of Topliss-reactive ketones (excluding diaryl/α,β-unsaturated/α-hetero) is 1. The Morgan fingerprint density at radius 1 is 1.15 bits per heavy atom. The molecule has 7 atom stereocenters. The molecule has 4 aliphatic rings. The Morgan fingerprint density at radius 2 is 1.93 bits per heavy atom. The minimum Gasteiger partial charge on any atom is -0.481 e. The molecule has 4 aliphatic carbocycles. The Labute approximate surface area is 162 Å². The number of carboxylic acid groups (broad SMARTS) is 1. The number of aliphatic hydroxyl groups excluding tert-OH is 1. The van der Waals surface area contributed by atoms with Crippen LogP contribution in [0.1, 0.15) is 78.1 Å². The van der Waals surface area contributed by atoms with Crippen LogP contribution >= 0.6 is 0 Å². The largest absolute Gasteiger partial charge is 0.481 e. The summed E-state index contributed by atoms with van der Waals surface area (Å²) in [6.07, 6.45) is 10.4. The van der Waals surface area contributed by atoms with Gasteiger partial charge in [-0.3, -0.25) is 9.59 Å². The molecule has 4 saturated carbocycles. The third kappa shape index (κ3) is 2.99. The predicted molar refractivity (Wildman–Crippen MR) is 103 cm³/mol. The molecule has 0 bridgehead atoms. The Bertz CT molecular complexity index is 667. The third-order valence-corrected chi connectivity index (χ3v) is 9.08. The fourth-order valence-electron chi connectivity index (χ4n) is 7.50. The summed E-state index contributed by atoms with van der Waals surface area (Å²) >= 11 is 0. The zero-order valence-electron chi connectivity index (χ0n) is 16.7. The molecule has 0 aromatic heterocycles. The number of hydrogen-bond acceptors (Lipinski definition) is 3. The van der Waals surface area contributed by atoms with Crippen molar-refractivity contribution in [3.8, 4) is 0 Å². The van der Waals surface area contributed by atoms with Gasteiger partial charge in [0, 0.05) is 18.3 Å². The summed E-state index contributed by atoms with van der Waals surface area (Å²) in [7, 11) is 0. The molecule has 0 aliphatic heterocycles. The topological polar surface area (TPSA) is 74.6 Å². The standard InChI is InChI=1S/C23H34O4/c1-22-10-8-14(4-3-5-21(26)27)12-18(22)19(24)13-15-16-6-7-20(25)23(16,2)11-9-17(15)22/h4,15-19,24H,3,5-13H2,1-2H3,(H,26,27)/b14-4-/t15-,16-,17-,18+,19-,22+,23-/m0/s1. The van der Waals surface area contributed by atoms with Gasteiger partial charge in [-0.1, -0.05) is 25.5 Å². The van der Waals surface area contributed by atoms with Crippen molar-refractivity contribution < 1.29 is 19.8 Å². The molecule has 4 heteroatoms. The van der Waals surface area contributed by atoms with Crippen molar-refractivity contribution in [2.75, 3.05) is 0 Å². The first kappa shape index (κ1) is 19.2. The normalized spacial score (nSPS) is 48.0. The second-order valence-corrected chi connectivity index (χ2v) is 10.2. The van der Waals surface area contributed by atoms with Gasteiger partial charge in [0.2, 0.25) is 0 Å². The van der Waals surface area contributed by atoms with Crippen LogP contribution in [0, 0.1) is 34.5 Å². The van der Waals surface area contributed by atoms with Gasteiger partial charge in [-0.15, -0.1) is 0 Å². The third-order valence-electron chi connectivity index (χ3n) is 9.08. The van der Waals surface area contributed by atoms with Crippen molar-refractivity contribution in [2.24, 2.45) is 34.5 Å². The van der Waals surface area contributed by atoms with Crippen molar-refractivity contribution in [2.45, 2.75) is 84.2 Å². The van der Waals surface area contributed by atoms with Crippen molar-refractivity contribution in [3.63, 3.8) is 0 Å². The lowest BCUT2D eigenvalue weighted by Gasteiger charge is -2.61. The summed E-state index contributed by atoms with van der Waals surface area (Å²) in [5.74, 6) is 1.57. The van der Waals surface area contributed by atoms with Gasteiger partial charge in [0.15, 0.2) is 0 Å². The van der Waals surface area contributed by atoms with E-state index in [1.165, 1.54) is 5.57 Å². The average Bonchev–Trinajstić information content (AvgIpc) is 2.91. The van der Waals surface area contributed by atoms with Crippen LogP contribution < -0.4 is 0 Å². The molecule has 4 nitrogen and oxygen atoms in total. The van der Waals surface area contributed by atoms with Crippen molar-refractivity contribution >= 4 is 11.8 Å². The number of ketones is 1. The highest BCUT2D eigenvalue weighted by atomic mass is 16.4. The van der Waals surface area contributed by atoms with Gasteiger partial charge in [0.1, 0.15) is 5.78 Å². The number of hydrogen-bond donors (Lipinski definition) is 2. The monoisotopic (exact) mass is 374 g/mol. The van der Waals surface area contributed by atoms with Crippen molar-refractivity contribution in [3.05, 3.63) is 11.6 Å². The Balaban J connectivity index is 1.54. The van der Waals surface area contributed by atoms with Gasteiger partial charge < -0.3 is 10.2 Å². The average molecular weight is 375 g/mol. The summed E-state index contributed by atoms with van der Waals surface area (Å²) in [5, 5.41) is 20.0. The van der Waals surface area contributed by atoms with Crippen LogP contribution in [0.4, 0.5) is 0 Å². The second-order valence-electron chi connectivity index (χ2n) is 10.2. The lowest BCUT2D eigenvalue weighted by atomic mass is 9.44. The first-order valence-corrected chi connectivity index (χ1v) is 10.9. The van der Waals surface area contributed by atoms with Crippen LogP contribution in [0.2, 0.25) is 0 Å². The molecule has 0 heterocycles. The van der Waals surface area contributed by atoms with Crippen molar-refractivity contribution in [1.29, 1.82) is 0 Å². The van der Waals surface area contributed by atoms with Crippen LogP contribution in [-0.2, 0) is 9.59 Å². The zero-order valence-corrected chi connectivity index (χ0v) is 16.7. The van der Waals surface area contributed by atoms with E-state index in [2.05, 4.69) is 19.9 Å². The zero-order chi connectivity index (χ0) is 19.4. The second kappa shape index (κ2) is 6.72. The molecule has 150 valence electrons. The fourth-order valence-corrected chi connectivity index (χ4v) is 7.50. The lowest BCUT2D eigenvalue weighted by Crippen LogP contribution is -2.57. The molecule has 0 aromatic rings. The molecule has 0 aromatic carbocycles. The van der Waals surface area contributed by atoms with E-state index in [-0.39, 0.29) is 29.3 Å². The van der Waals surface area contributed by atoms with Gasteiger partial charge in [-0.2, -0.15) is 0 Å². The minimum absolute atomic E-state index is 0.138. The van der Waals surface area contributed by atoms with E-state index in [0.29, 0.717) is 30.0 Å². The van der Waals surface area contributed by atoms with Gasteiger partial charge in [-0.05, 0) is 80.5 Å². The first-order valence-electron chi connectivity index (χ1n) is 10.9. The Kier molecular flexibility index (Phi) is 4.77. The maximum Gasteiger partial charge on any atom is 0.303 e. The maximum absolute atomic E-state index is 12.5.